The number of phenolic OH excluding ortho intramolecular Hbond substituents is 6. The molecule has 2 unspecified atom stereocenters. The van der Waals surface area contributed by atoms with Crippen molar-refractivity contribution in [1.29, 1.82) is 0 Å². The zero-order valence-electron chi connectivity index (χ0n) is 63.0. The number of aliphatic hydroxyl groups excluding tert-OH is 2. The van der Waals surface area contributed by atoms with Crippen molar-refractivity contribution in [2.45, 2.75) is 337 Å². The van der Waals surface area contributed by atoms with E-state index in [1.54, 1.807) is 12.1 Å². The number of carbonyl (C=O) groups excluding carboxylic acids is 2. The van der Waals surface area contributed by atoms with Crippen LogP contribution in [-0.2, 0) is 20.8 Å². The monoisotopic (exact) mass is 1430 g/mol. The van der Waals surface area contributed by atoms with E-state index < -0.39 is 105 Å². The summed E-state index contributed by atoms with van der Waals surface area (Å²) in [5, 5.41) is 116. The van der Waals surface area contributed by atoms with Gasteiger partial charge in [0.1, 0.15) is 12.5 Å². The quantitative estimate of drug-likeness (QED) is 0.00624. The van der Waals surface area contributed by atoms with Crippen molar-refractivity contribution in [1.82, 2.24) is 0 Å². The molecule has 0 aliphatic carbocycles. The third kappa shape index (κ3) is 41.7. The van der Waals surface area contributed by atoms with Crippen LogP contribution in [0.25, 0.3) is 0 Å². The Balaban J connectivity index is 0.00000144. The van der Waals surface area contributed by atoms with Crippen molar-refractivity contribution in [3.05, 3.63) is 101 Å². The van der Waals surface area contributed by atoms with Gasteiger partial charge >= 0.3 is 23.9 Å². The number of aromatic hydroxyl groups is 6. The first-order valence-electron chi connectivity index (χ1n) is 38.7. The molecule has 0 bridgehead atoms. The van der Waals surface area contributed by atoms with E-state index >= 15 is 0 Å². The molecule has 12 N–H and O–H groups in total. The number of ketones is 2. The topological polar surface area (TPSA) is 348 Å². The summed E-state index contributed by atoms with van der Waals surface area (Å²) in [6.45, 7) is 12.2. The molecule has 0 heterocycles. The van der Waals surface area contributed by atoms with Gasteiger partial charge in [-0.15, -0.1) is 0 Å². The minimum absolute atomic E-state index is 0.150. The number of carboxylic acids is 4. The number of carbonyl (C=O) groups is 6. The fourth-order valence-electron chi connectivity index (χ4n) is 11.8. The standard InChI is InChI=1S/C32H42O10.2C18H34O2.C15H23NO4/c1-2-3-4-5-6-7-8-9-10-11-12-13-14-15-16-32(31(41)42,29(39)21-17-23(33)27(37)24(34)18-21)30(40)22-19-25(35)28(38)26(36)20-22;2*1-2-3-4-5-6-7-8-9-10-11-12-13-14-15-16-17-18(19)20;1-4-10-9-11(7-8-12(10)15(19)20)16(13(17)5-2)14(18)6-3/h9-10,17-20,33-38H,2-8,11-16H2,1H3,(H,41,42);2*9-10H,2-8,11-17H2,1H3,(H,19,20);7-9,13-14,17-18H,4-6H2,1-3H3,(H,19,20). The van der Waals surface area contributed by atoms with E-state index in [1.165, 1.54) is 184 Å². The number of aryl methyl sites for hydroxylation is 1. The summed E-state index contributed by atoms with van der Waals surface area (Å²) in [5.41, 5.74) is -2.26. The maximum atomic E-state index is 13.7. The van der Waals surface area contributed by atoms with Gasteiger partial charge in [-0.3, -0.25) is 24.0 Å². The van der Waals surface area contributed by atoms with E-state index in [0.29, 0.717) is 56.2 Å². The minimum Gasteiger partial charge on any atom is -0.504 e. The Morgan fingerprint density at radius 2 is 0.667 bits per heavy atom. The minimum atomic E-state index is -2.76. The number of unbranched alkanes of at least 4 members (excludes halogenated alkanes) is 32. The van der Waals surface area contributed by atoms with Crippen LogP contribution in [0.15, 0.2) is 78.9 Å². The normalized spacial score (nSPS) is 11.9. The van der Waals surface area contributed by atoms with E-state index in [4.69, 9.17) is 15.3 Å². The van der Waals surface area contributed by atoms with Crippen molar-refractivity contribution in [3.63, 3.8) is 0 Å². The second-order valence-electron chi connectivity index (χ2n) is 26.7. The number of Topliss-reactive ketones (excluding diaryl/α,β-unsaturated/α-hetero) is 2. The Hall–Kier alpha value is -7.38. The Labute approximate surface area is 610 Å². The van der Waals surface area contributed by atoms with E-state index in [0.717, 1.165) is 75.6 Å². The predicted molar refractivity (Wildman–Crippen MR) is 408 cm³/mol. The van der Waals surface area contributed by atoms with Crippen molar-refractivity contribution in [2.24, 2.45) is 5.41 Å². The van der Waals surface area contributed by atoms with Gasteiger partial charge in [0.05, 0.1) is 5.56 Å². The zero-order chi connectivity index (χ0) is 76.4. The maximum absolute atomic E-state index is 13.7. The van der Waals surface area contributed by atoms with Gasteiger partial charge in [0.25, 0.3) is 0 Å². The van der Waals surface area contributed by atoms with Gasteiger partial charge in [0.2, 0.25) is 0 Å². The molecule has 19 nitrogen and oxygen atoms in total. The summed E-state index contributed by atoms with van der Waals surface area (Å²) in [4.78, 5) is 73.3. The fourth-order valence-corrected chi connectivity index (χ4v) is 11.8. The van der Waals surface area contributed by atoms with Gasteiger partial charge in [-0.05, 0) is 164 Å². The molecule has 0 spiro atoms. The molecule has 3 aromatic carbocycles. The van der Waals surface area contributed by atoms with Crippen LogP contribution in [0.4, 0.5) is 5.69 Å². The van der Waals surface area contributed by atoms with Crippen molar-refractivity contribution >= 4 is 41.1 Å². The largest absolute Gasteiger partial charge is 0.504 e. The van der Waals surface area contributed by atoms with E-state index in [1.807, 2.05) is 20.8 Å². The molecule has 0 saturated carbocycles. The predicted octanol–water partition coefficient (Wildman–Crippen LogP) is 21.1. The number of nitrogens with zero attached hydrogens (tertiary/aromatic N) is 1. The first-order valence-corrected chi connectivity index (χ1v) is 38.7. The molecule has 0 aliphatic rings. The number of anilines is 1. The summed E-state index contributed by atoms with van der Waals surface area (Å²) in [6.07, 6.45) is 57.7. The van der Waals surface area contributed by atoms with E-state index in [2.05, 4.69) is 57.2 Å². The molecule has 2 atom stereocenters. The van der Waals surface area contributed by atoms with Gasteiger partial charge in [-0.25, -0.2) is 4.79 Å². The molecule has 0 saturated heterocycles. The van der Waals surface area contributed by atoms with Crippen LogP contribution < -0.4 is 4.90 Å². The van der Waals surface area contributed by atoms with Gasteiger partial charge < -0.3 is 66.2 Å². The third-order valence-electron chi connectivity index (χ3n) is 18.0. The first-order chi connectivity index (χ1) is 49.0. The smallest absolute Gasteiger partial charge is 0.335 e. The zero-order valence-corrected chi connectivity index (χ0v) is 63.0. The van der Waals surface area contributed by atoms with Gasteiger partial charge in [-0.1, -0.05) is 232 Å². The van der Waals surface area contributed by atoms with Crippen LogP contribution in [0.5, 0.6) is 34.5 Å². The number of aromatic carboxylic acids is 1. The Morgan fingerprint density at radius 1 is 0.382 bits per heavy atom. The highest BCUT2D eigenvalue weighted by Crippen LogP contribution is 2.43. The molecule has 3 rings (SSSR count). The summed E-state index contributed by atoms with van der Waals surface area (Å²) in [5.74, 6) is -12.1. The van der Waals surface area contributed by atoms with Crippen LogP contribution in [0.3, 0.4) is 0 Å². The number of aliphatic hydroxyl groups is 2. The highest BCUT2D eigenvalue weighted by molar-refractivity contribution is 6.31. The molecule has 0 radical (unpaired) electrons. The van der Waals surface area contributed by atoms with Crippen LogP contribution in [-0.4, -0.2) is 109 Å². The molecule has 102 heavy (non-hydrogen) atoms. The van der Waals surface area contributed by atoms with Gasteiger partial charge in [0, 0.05) is 29.7 Å². The molecular weight excluding hydrogens is 1300 g/mol. The van der Waals surface area contributed by atoms with E-state index in [9.17, 15) is 74.7 Å². The molecule has 0 aromatic heterocycles. The summed E-state index contributed by atoms with van der Waals surface area (Å²) in [7, 11) is 0. The number of hydrogen-bond donors (Lipinski definition) is 12. The maximum Gasteiger partial charge on any atom is 0.335 e. The lowest BCUT2D eigenvalue weighted by Gasteiger charge is -2.34. The second-order valence-corrected chi connectivity index (χ2v) is 26.7. The fraction of sp³-hybridized carbons (Fsp3) is 0.639. The number of rotatable bonds is 56. The number of hydrogen-bond acceptors (Lipinski definition) is 15. The van der Waals surface area contributed by atoms with Gasteiger partial charge in [-0.2, -0.15) is 0 Å². The summed E-state index contributed by atoms with van der Waals surface area (Å²) >= 11 is 0. The average molecular weight is 1430 g/mol. The molecule has 19 heteroatoms. The number of phenols is 6. The number of benzene rings is 3. The number of aliphatic carboxylic acids is 3. The van der Waals surface area contributed by atoms with Crippen LogP contribution in [0.1, 0.15) is 354 Å². The van der Waals surface area contributed by atoms with Gasteiger partial charge in [0.15, 0.2) is 51.5 Å². The van der Waals surface area contributed by atoms with Crippen LogP contribution in [0.2, 0.25) is 0 Å². The highest BCUT2D eigenvalue weighted by Gasteiger charge is 2.53. The van der Waals surface area contributed by atoms with Crippen molar-refractivity contribution in [2.75, 3.05) is 4.90 Å². The molecule has 578 valence electrons. The second kappa shape index (κ2) is 60.1. The van der Waals surface area contributed by atoms with E-state index in [-0.39, 0.29) is 12.0 Å². The Kier molecular flexibility index (Phi) is 55.7. The Morgan fingerprint density at radius 3 is 0.931 bits per heavy atom. The van der Waals surface area contributed by atoms with Crippen molar-refractivity contribution < 1.29 is 90.0 Å². The molecular formula is C83H133NO18. The number of carboxylic acid groups (broad SMARTS) is 4. The number of allylic oxidation sites excluding steroid dienone is 6. The van der Waals surface area contributed by atoms with Crippen LogP contribution >= 0.6 is 0 Å². The molecule has 0 aliphatic heterocycles. The lowest BCUT2D eigenvalue weighted by atomic mass is 9.70. The first kappa shape index (κ1) is 94.6. The summed E-state index contributed by atoms with van der Waals surface area (Å²) < 4.78 is 0. The lowest BCUT2D eigenvalue weighted by Crippen LogP contribution is -2.46. The molecule has 0 fully saturated rings. The highest BCUT2D eigenvalue weighted by atomic mass is 16.4. The average Bonchev–Trinajstić information content (AvgIpc) is 0.758. The summed E-state index contributed by atoms with van der Waals surface area (Å²) in [6, 6.07) is 7.84. The Bertz CT molecular complexity index is 2690. The van der Waals surface area contributed by atoms with Crippen molar-refractivity contribution in [3.8, 4) is 34.5 Å². The lowest BCUT2D eigenvalue weighted by molar-refractivity contribution is -0.144. The SMILES string of the molecule is CCCCCCCCC=CCCCCCCC(C(=O)O)(C(=O)c1cc(O)c(O)c(O)c1)C(=O)c1cc(O)c(O)c(O)c1.CCCCCCCCC=CCCCCCCCC(=O)O.CCCCCCCCC=CCCCCCCCC(=O)O.CCc1cc(N(C(O)CC)C(O)CC)ccc1C(=O)O. The molecule has 0 amide bonds. The molecule has 3 aromatic rings. The third-order valence-corrected chi connectivity index (χ3v) is 18.0. The van der Waals surface area contributed by atoms with Crippen LogP contribution in [0, 0.1) is 5.41 Å².